The van der Waals surface area contributed by atoms with Gasteiger partial charge in [-0.2, -0.15) is 0 Å². The summed E-state index contributed by atoms with van der Waals surface area (Å²) >= 11 is 0. The summed E-state index contributed by atoms with van der Waals surface area (Å²) in [5.74, 6) is 1.98. The Bertz CT molecular complexity index is 471. The number of nitrogens with zero attached hydrogens (tertiary/aromatic N) is 1. The van der Waals surface area contributed by atoms with Gasteiger partial charge in [0.1, 0.15) is 5.94 Å². The van der Waals surface area contributed by atoms with Gasteiger partial charge in [0.2, 0.25) is 0 Å². The van der Waals surface area contributed by atoms with Crippen molar-refractivity contribution in [3.8, 4) is 0 Å². The fourth-order valence-electron chi connectivity index (χ4n) is 2.32. The zero-order valence-corrected chi connectivity index (χ0v) is 14.1. The predicted octanol–water partition coefficient (Wildman–Crippen LogP) is 4.71. The first-order chi connectivity index (χ1) is 9.54. The number of hydrogen-bond acceptors (Lipinski definition) is 2. The molecular formula is C18H29NO. The lowest BCUT2D eigenvalue weighted by Crippen LogP contribution is -2.17. The van der Waals surface area contributed by atoms with Crippen molar-refractivity contribution in [2.75, 3.05) is 11.9 Å². The van der Waals surface area contributed by atoms with Crippen LogP contribution in [0.3, 0.4) is 0 Å². The fourth-order valence-corrected chi connectivity index (χ4v) is 2.32. The molecule has 20 heavy (non-hydrogen) atoms. The average Bonchev–Trinajstić information content (AvgIpc) is 2.47. The van der Waals surface area contributed by atoms with Gasteiger partial charge in [0.15, 0.2) is 0 Å². The molecule has 112 valence electrons. The van der Waals surface area contributed by atoms with Crippen LogP contribution in [0.5, 0.6) is 0 Å². The van der Waals surface area contributed by atoms with Gasteiger partial charge in [-0.25, -0.2) is 4.79 Å². The van der Waals surface area contributed by atoms with Gasteiger partial charge in [0, 0.05) is 12.7 Å². The molecule has 2 heteroatoms. The maximum atomic E-state index is 10.8. The van der Waals surface area contributed by atoms with Crippen LogP contribution in [0.1, 0.15) is 57.7 Å². The Labute approximate surface area is 124 Å². The largest absolute Gasteiger partial charge is 0.339 e. The van der Waals surface area contributed by atoms with Crippen molar-refractivity contribution in [1.29, 1.82) is 0 Å². The van der Waals surface area contributed by atoms with Crippen LogP contribution in [0.15, 0.2) is 17.8 Å². The second kappa shape index (κ2) is 9.39. The summed E-state index contributed by atoms with van der Waals surface area (Å²) < 4.78 is 0. The Balaban J connectivity index is 0.00000172. The molecule has 0 fully saturated rings. The molecule has 0 aromatic heterocycles. The molecule has 1 aromatic carbocycles. The minimum atomic E-state index is 0.623. The van der Waals surface area contributed by atoms with Crippen LogP contribution >= 0.6 is 0 Å². The second-order valence-electron chi connectivity index (χ2n) is 4.77. The normalized spacial score (nSPS) is 9.35. The third kappa shape index (κ3) is 4.54. The molecule has 0 amide bonds. The first kappa shape index (κ1) is 18.5. The minimum absolute atomic E-state index is 0.623. The van der Waals surface area contributed by atoms with Crippen molar-refractivity contribution in [2.45, 2.75) is 60.8 Å². The Kier molecular flexibility index (Phi) is 8.67. The van der Waals surface area contributed by atoms with Crippen molar-refractivity contribution in [2.24, 2.45) is 0 Å². The lowest BCUT2D eigenvalue weighted by molar-refractivity contribution is 0.566. The molecule has 1 aromatic rings. The van der Waals surface area contributed by atoms with Crippen LogP contribution in [0.25, 0.3) is 0 Å². The quantitative estimate of drug-likeness (QED) is 0.725. The van der Waals surface area contributed by atoms with Gasteiger partial charge in [0.05, 0.1) is 5.70 Å². The van der Waals surface area contributed by atoms with Gasteiger partial charge in [0.25, 0.3) is 0 Å². The van der Waals surface area contributed by atoms with E-state index in [0.717, 1.165) is 24.9 Å². The number of benzene rings is 1. The molecule has 0 N–H and O–H groups in total. The molecule has 0 radical (unpaired) electrons. The molecule has 2 nitrogen and oxygen atoms in total. The summed E-state index contributed by atoms with van der Waals surface area (Å²) in [4.78, 5) is 12.8. The number of carbonyl (C=O) groups excluding carboxylic acids is 1. The predicted molar refractivity (Wildman–Crippen MR) is 89.2 cm³/mol. The van der Waals surface area contributed by atoms with Gasteiger partial charge in [-0.3, -0.25) is 0 Å². The first-order valence-corrected chi connectivity index (χ1v) is 7.62. The third-order valence-electron chi connectivity index (χ3n) is 3.35. The molecule has 0 bridgehead atoms. The summed E-state index contributed by atoms with van der Waals surface area (Å²) in [5, 5.41) is 0. The van der Waals surface area contributed by atoms with Crippen LogP contribution in [-0.2, 0) is 17.6 Å². The van der Waals surface area contributed by atoms with Crippen molar-refractivity contribution in [1.82, 2.24) is 0 Å². The second-order valence-corrected chi connectivity index (χ2v) is 4.77. The van der Waals surface area contributed by atoms with Crippen LogP contribution in [0.2, 0.25) is 0 Å². The molecule has 0 atom stereocenters. The summed E-state index contributed by atoms with van der Waals surface area (Å²) in [6, 6.07) is 4.42. The maximum Gasteiger partial charge on any atom is 0.145 e. The first-order valence-electron chi connectivity index (χ1n) is 7.62. The van der Waals surface area contributed by atoms with E-state index in [1.54, 1.807) is 6.92 Å². The van der Waals surface area contributed by atoms with E-state index >= 15 is 0 Å². The summed E-state index contributed by atoms with van der Waals surface area (Å²) in [5.41, 5.74) is 5.76. The number of anilines is 1. The highest BCUT2D eigenvalue weighted by molar-refractivity contribution is 5.67. The molecule has 1 rings (SSSR count). The Morgan fingerprint density at radius 1 is 1.25 bits per heavy atom. The van der Waals surface area contributed by atoms with E-state index in [1.807, 2.05) is 31.7 Å². The van der Waals surface area contributed by atoms with Gasteiger partial charge in [-0.15, -0.1) is 0 Å². The van der Waals surface area contributed by atoms with Gasteiger partial charge in [-0.05, 0) is 49.4 Å². The number of rotatable bonds is 5. The Morgan fingerprint density at radius 2 is 1.85 bits per heavy atom. The minimum Gasteiger partial charge on any atom is -0.339 e. The highest BCUT2D eigenvalue weighted by Gasteiger charge is 2.13. The van der Waals surface area contributed by atoms with E-state index in [2.05, 4.69) is 32.9 Å². The average molecular weight is 275 g/mol. The molecule has 0 saturated heterocycles. The maximum absolute atomic E-state index is 10.8. The van der Waals surface area contributed by atoms with Crippen molar-refractivity contribution in [3.63, 3.8) is 0 Å². The van der Waals surface area contributed by atoms with E-state index in [1.165, 1.54) is 16.7 Å². The van der Waals surface area contributed by atoms with Crippen molar-refractivity contribution >= 4 is 11.6 Å². The number of allylic oxidation sites excluding steroid dienone is 1. The Morgan fingerprint density at radius 3 is 2.30 bits per heavy atom. The summed E-state index contributed by atoms with van der Waals surface area (Å²) in [7, 11) is 1.93. The fraction of sp³-hybridized carbons (Fsp3) is 0.556. The van der Waals surface area contributed by atoms with Crippen molar-refractivity contribution in [3.05, 3.63) is 34.5 Å². The van der Waals surface area contributed by atoms with Crippen LogP contribution in [-0.4, -0.2) is 13.0 Å². The van der Waals surface area contributed by atoms with E-state index < -0.39 is 0 Å². The zero-order chi connectivity index (χ0) is 15.7. The molecule has 0 saturated carbocycles. The standard InChI is InChI=1S/C16H23NO.C2H6/c1-6-8-14-9-12(3)10-16(15(14)7-2)17(5)13(4)11-18;1-2/h9-10H,6-8H2,1-5H3;1-2H3. The lowest BCUT2D eigenvalue weighted by Gasteiger charge is -2.23. The van der Waals surface area contributed by atoms with Crippen LogP contribution in [0, 0.1) is 6.92 Å². The van der Waals surface area contributed by atoms with E-state index in [9.17, 15) is 4.79 Å². The monoisotopic (exact) mass is 275 g/mol. The zero-order valence-electron chi connectivity index (χ0n) is 14.1. The molecule has 0 spiro atoms. The smallest absolute Gasteiger partial charge is 0.145 e. The molecule has 0 aliphatic rings. The van der Waals surface area contributed by atoms with Crippen LogP contribution < -0.4 is 4.90 Å². The topological polar surface area (TPSA) is 20.3 Å². The summed E-state index contributed by atoms with van der Waals surface area (Å²) in [6.45, 7) is 12.3. The van der Waals surface area contributed by atoms with E-state index in [4.69, 9.17) is 0 Å². The summed E-state index contributed by atoms with van der Waals surface area (Å²) in [6.07, 6.45) is 3.22. The lowest BCUT2D eigenvalue weighted by atomic mass is 9.96. The SMILES string of the molecule is CC.CCCc1cc(C)cc(N(C)C(C)=C=O)c1CC. The molecule has 0 aliphatic heterocycles. The third-order valence-corrected chi connectivity index (χ3v) is 3.35. The highest BCUT2D eigenvalue weighted by Crippen LogP contribution is 2.28. The van der Waals surface area contributed by atoms with Gasteiger partial charge >= 0.3 is 0 Å². The molecule has 0 unspecified atom stereocenters. The molecule has 0 heterocycles. The van der Waals surface area contributed by atoms with Crippen molar-refractivity contribution < 1.29 is 4.79 Å². The molecular weight excluding hydrogens is 246 g/mol. The van der Waals surface area contributed by atoms with E-state index in [0.29, 0.717) is 5.70 Å². The van der Waals surface area contributed by atoms with Crippen LogP contribution in [0.4, 0.5) is 5.69 Å². The highest BCUT2D eigenvalue weighted by atomic mass is 16.1. The Hall–Kier alpha value is -1.53. The van der Waals surface area contributed by atoms with E-state index in [-0.39, 0.29) is 0 Å². The van der Waals surface area contributed by atoms with Gasteiger partial charge < -0.3 is 4.90 Å². The number of hydrogen-bond donors (Lipinski definition) is 0. The van der Waals surface area contributed by atoms with Gasteiger partial charge in [-0.1, -0.05) is 40.2 Å². The number of aryl methyl sites for hydroxylation is 2. The molecule has 0 aliphatic carbocycles.